The maximum Gasteiger partial charge on any atom is 0.420 e. The first-order chi connectivity index (χ1) is 34.0. The molecule has 3 saturated heterocycles. The summed E-state index contributed by atoms with van der Waals surface area (Å²) in [4.78, 5) is 58.9. The molecule has 10 rings (SSSR count). The molecule has 2 amide bonds. The molecule has 0 bridgehead atoms. The third kappa shape index (κ3) is 9.90. The van der Waals surface area contributed by atoms with Crippen molar-refractivity contribution in [1.29, 1.82) is 0 Å². The van der Waals surface area contributed by atoms with Gasteiger partial charge in [0.2, 0.25) is 11.8 Å². The van der Waals surface area contributed by atoms with Gasteiger partial charge in [0.1, 0.15) is 30.6 Å². The van der Waals surface area contributed by atoms with E-state index in [1.165, 1.54) is 15.8 Å². The fourth-order valence-electron chi connectivity index (χ4n) is 10.7. The zero-order chi connectivity index (χ0) is 48.5. The number of anilines is 4. The number of carbonyl (C=O) groups is 2. The predicted octanol–water partition coefficient (Wildman–Crippen LogP) is 7.34. The molecule has 0 saturated carbocycles. The molecule has 1 atom stereocenters. The minimum absolute atomic E-state index is 0.193. The molecule has 70 heavy (non-hydrogen) atoms. The number of allylic oxidation sites excluding steroid dienone is 2. The van der Waals surface area contributed by atoms with E-state index in [0.717, 1.165) is 121 Å². The molecule has 3 aromatic heterocycles. The van der Waals surface area contributed by atoms with Crippen LogP contribution in [0.4, 0.5) is 22.9 Å². The number of halogens is 1. The topological polar surface area (TPSA) is 180 Å². The van der Waals surface area contributed by atoms with Gasteiger partial charge in [-0.2, -0.15) is 0 Å². The molecule has 4 aliphatic heterocycles. The highest BCUT2D eigenvalue weighted by atomic mass is 79.9. The Morgan fingerprint density at radius 3 is 2.47 bits per heavy atom. The van der Waals surface area contributed by atoms with Gasteiger partial charge in [0.15, 0.2) is 5.58 Å². The van der Waals surface area contributed by atoms with Crippen LogP contribution in [0.1, 0.15) is 61.3 Å². The average Bonchev–Trinajstić information content (AvgIpc) is 3.96. The zero-order valence-corrected chi connectivity index (χ0v) is 42.5. The molecule has 366 valence electrons. The number of piperidine rings is 2. The summed E-state index contributed by atoms with van der Waals surface area (Å²) >= 11 is 3.66. The Morgan fingerprint density at radius 1 is 0.914 bits per heavy atom. The lowest BCUT2D eigenvalue weighted by atomic mass is 9.99. The Morgan fingerprint density at radius 2 is 1.71 bits per heavy atom. The van der Waals surface area contributed by atoms with Crippen molar-refractivity contribution in [3.63, 3.8) is 0 Å². The quantitative estimate of drug-likeness (QED) is 0.0529. The van der Waals surface area contributed by atoms with Crippen LogP contribution in [0.2, 0.25) is 0 Å². The Hall–Kier alpha value is -5.87. The second-order valence-electron chi connectivity index (χ2n) is 18.9. The second-order valence-corrected chi connectivity index (χ2v) is 22.7. The first kappa shape index (κ1) is 47.8. The molecular weight excluding hydrogens is 972 g/mol. The van der Waals surface area contributed by atoms with Crippen LogP contribution in [-0.2, 0) is 33.4 Å². The highest BCUT2D eigenvalue weighted by Gasteiger charge is 2.33. The summed E-state index contributed by atoms with van der Waals surface area (Å²) in [5.74, 6) is 0.743. The lowest BCUT2D eigenvalue weighted by Crippen LogP contribution is -2.53. The Kier molecular flexibility index (Phi) is 14.0. The highest BCUT2D eigenvalue weighted by Crippen LogP contribution is 2.51. The third-order valence-corrected chi connectivity index (χ3v) is 18.0. The number of imide groups is 1. The molecule has 0 radical (unpaired) electrons. The number of aryl methyl sites for hydroxylation is 2. The summed E-state index contributed by atoms with van der Waals surface area (Å²) in [6.07, 6.45) is 11.9. The van der Waals surface area contributed by atoms with Crippen LogP contribution >= 0.6 is 23.1 Å². The zero-order valence-electron chi connectivity index (χ0n) is 40.0. The first-order valence-electron chi connectivity index (χ1n) is 24.5. The van der Waals surface area contributed by atoms with Gasteiger partial charge in [-0.1, -0.05) is 31.2 Å². The molecule has 7 heterocycles. The van der Waals surface area contributed by atoms with E-state index in [0.29, 0.717) is 54.1 Å². The number of aromatic nitrogens is 4. The number of benzene rings is 3. The van der Waals surface area contributed by atoms with E-state index in [2.05, 4.69) is 70.6 Å². The maximum atomic E-state index is 14.3. The van der Waals surface area contributed by atoms with E-state index in [9.17, 15) is 18.9 Å². The van der Waals surface area contributed by atoms with Gasteiger partial charge < -0.3 is 34.2 Å². The van der Waals surface area contributed by atoms with Gasteiger partial charge in [-0.3, -0.25) is 29.4 Å². The number of pyridine rings is 1. The number of hydrogen-bond donors (Lipinski definition) is 3. The number of hydrogen-bond acceptors (Lipinski definition) is 14. The molecule has 6 aromatic rings. The number of fused-ring (bicyclic) bond motifs is 2. The molecule has 18 heteroatoms. The molecule has 1 unspecified atom stereocenters. The number of nitrogens with one attached hydrogen (secondary N) is 3. The normalized spacial score (nSPS) is 19.0. The van der Waals surface area contributed by atoms with Gasteiger partial charge in [0.25, 0.3) is 0 Å². The Balaban J connectivity index is 0.717. The van der Waals surface area contributed by atoms with Crippen LogP contribution in [0.25, 0.3) is 22.0 Å². The van der Waals surface area contributed by atoms with Crippen molar-refractivity contribution in [3.8, 4) is 5.75 Å². The molecule has 16 nitrogen and oxygen atoms in total. The van der Waals surface area contributed by atoms with Crippen LogP contribution in [0.15, 0.2) is 86.6 Å². The van der Waals surface area contributed by atoms with Crippen LogP contribution in [-0.4, -0.2) is 119 Å². The van der Waals surface area contributed by atoms with E-state index in [1.807, 2.05) is 61.5 Å². The Bertz CT molecular complexity index is 3090. The predicted molar refractivity (Wildman–Crippen MR) is 279 cm³/mol. The second kappa shape index (κ2) is 20.5. The first-order valence-corrected chi connectivity index (χ1v) is 27.4. The van der Waals surface area contributed by atoms with Gasteiger partial charge in [-0.25, -0.2) is 14.8 Å². The molecule has 0 aliphatic carbocycles. The maximum absolute atomic E-state index is 14.3. The van der Waals surface area contributed by atoms with Gasteiger partial charge in [-0.15, -0.1) is 0 Å². The Labute approximate surface area is 415 Å². The van der Waals surface area contributed by atoms with Crippen LogP contribution < -0.4 is 36.6 Å². The van der Waals surface area contributed by atoms with Crippen molar-refractivity contribution in [2.75, 3.05) is 87.3 Å². The van der Waals surface area contributed by atoms with Gasteiger partial charge in [-0.05, 0) is 102 Å². The largest absolute Gasteiger partial charge is 0.495 e. The summed E-state index contributed by atoms with van der Waals surface area (Å²) in [5.41, 5.74) is 8.11. The number of piperazine rings is 1. The monoisotopic (exact) mass is 1030 g/mol. The van der Waals surface area contributed by atoms with Gasteiger partial charge >= 0.3 is 5.76 Å². The summed E-state index contributed by atoms with van der Waals surface area (Å²) in [5, 5.41) is 11.2. The SMILES string of the molecule is CCc1cc(NCCc2ncc(Br)c(Nc3ccc4nc(C)ccc4c3P3(=O)CC=CC3)n2)c(OC)cc1N1CCC(N2CCN(CCc3ccc4c(c3)oc(=O)n4C3CCC(=O)NC3=O)CC2)CC1. The lowest BCUT2D eigenvalue weighted by Gasteiger charge is -2.43. The molecule has 4 aliphatic rings. The number of ether oxygens (including phenoxy) is 1. The van der Waals surface area contributed by atoms with E-state index in [1.54, 1.807) is 13.3 Å². The van der Waals surface area contributed by atoms with E-state index in [4.69, 9.17) is 19.1 Å². The van der Waals surface area contributed by atoms with Crippen molar-refractivity contribution in [2.45, 2.75) is 70.9 Å². The highest BCUT2D eigenvalue weighted by molar-refractivity contribution is 9.10. The van der Waals surface area contributed by atoms with Crippen LogP contribution in [0.5, 0.6) is 5.75 Å². The summed E-state index contributed by atoms with van der Waals surface area (Å²) < 4.78 is 28.0. The van der Waals surface area contributed by atoms with Crippen molar-refractivity contribution < 1.29 is 23.3 Å². The van der Waals surface area contributed by atoms with E-state index >= 15 is 0 Å². The molecule has 3 fully saturated rings. The summed E-state index contributed by atoms with van der Waals surface area (Å²) in [7, 11) is -0.985. The number of oxazole rings is 1. The van der Waals surface area contributed by atoms with Crippen molar-refractivity contribution >= 4 is 85.1 Å². The molecule has 0 spiro atoms. The summed E-state index contributed by atoms with van der Waals surface area (Å²) in [6.45, 7) is 11.8. The minimum atomic E-state index is -2.71. The number of nitrogens with zero attached hydrogens (tertiary/aromatic N) is 7. The standard InChI is InChI=1S/C52H60BrN10O6P/c1-4-35-30-41(54-19-15-47-55-32-38(53)50(58-47)57-40-11-10-39-37(9-7-33(2)56-39)49(40)70(67)27-5-6-28-70)45(68-3)31-44(35)62-21-17-36(18-22-62)61-25-23-60(24-26-61)20-16-34-8-12-42-46(29-34)69-52(66)63(42)43-13-14-48(64)59-51(43)65/h5-12,29-32,36,43,54H,4,13-28H2,1-3H3,(H,55,57,58)(H,59,64,65). The number of methoxy groups -OCH3 is 1. The summed E-state index contributed by atoms with van der Waals surface area (Å²) in [6, 6.07) is 18.0. The lowest BCUT2D eigenvalue weighted by molar-refractivity contribution is -0.135. The van der Waals surface area contributed by atoms with Crippen molar-refractivity contribution in [3.05, 3.63) is 111 Å². The average molecular weight is 1030 g/mol. The molecule has 3 N–H and O–H groups in total. The number of rotatable bonds is 15. The fraction of sp³-hybridized carbons (Fsp3) is 0.423. The molecule has 3 aromatic carbocycles. The smallest absolute Gasteiger partial charge is 0.420 e. The van der Waals surface area contributed by atoms with Crippen molar-refractivity contribution in [1.82, 2.24) is 34.6 Å². The number of carbonyl (C=O) groups excluding carboxylic acids is 2. The van der Waals surface area contributed by atoms with Crippen LogP contribution in [0.3, 0.4) is 0 Å². The van der Waals surface area contributed by atoms with E-state index < -0.39 is 24.8 Å². The minimum Gasteiger partial charge on any atom is -0.495 e. The fourth-order valence-corrected chi connectivity index (χ4v) is 13.7. The van der Waals surface area contributed by atoms with Gasteiger partial charge in [0, 0.05) is 118 Å². The van der Waals surface area contributed by atoms with Crippen molar-refractivity contribution in [2.24, 2.45) is 0 Å². The van der Waals surface area contributed by atoms with E-state index in [-0.39, 0.29) is 18.7 Å². The van der Waals surface area contributed by atoms with Gasteiger partial charge in [0.05, 0.1) is 34.0 Å². The number of amides is 2. The van der Waals surface area contributed by atoms with Crippen LogP contribution in [0, 0.1) is 6.92 Å². The molecular formula is C52H60BrN10O6P. The third-order valence-electron chi connectivity index (χ3n) is 14.5.